The summed E-state index contributed by atoms with van der Waals surface area (Å²) in [5, 5.41) is 11.5. The summed E-state index contributed by atoms with van der Waals surface area (Å²) in [4.78, 5) is 52.3. The number of aliphatic hydroxyl groups is 1. The van der Waals surface area contributed by atoms with Crippen LogP contribution in [0.4, 0.5) is 0 Å². The van der Waals surface area contributed by atoms with Crippen LogP contribution in [0.1, 0.15) is 79.2 Å². The summed E-state index contributed by atoms with van der Waals surface area (Å²) in [5.41, 5.74) is -0.00747. The second-order valence-corrected chi connectivity index (χ2v) is 13.6. The number of aliphatic hydroxyl groups excluding tert-OH is 1. The van der Waals surface area contributed by atoms with Crippen molar-refractivity contribution in [3.8, 4) is 0 Å². The normalized spacial score (nSPS) is 41.3. The van der Waals surface area contributed by atoms with Gasteiger partial charge in [0, 0.05) is 48.0 Å². The maximum atomic E-state index is 13.3. The summed E-state index contributed by atoms with van der Waals surface area (Å²) in [6.45, 7) is 12.3. The lowest BCUT2D eigenvalue weighted by Gasteiger charge is -2.66. The number of esters is 3. The lowest BCUT2D eigenvalue weighted by Crippen LogP contribution is -2.73. The molecule has 10 heteroatoms. The molecule has 0 spiro atoms. The van der Waals surface area contributed by atoms with Crippen LogP contribution < -0.4 is 0 Å². The molecule has 3 fully saturated rings. The van der Waals surface area contributed by atoms with E-state index in [9.17, 15) is 24.3 Å². The number of allylic oxidation sites excluding steroid dienone is 2. The molecular formula is C34H44O10. The standard InChI is InChI=1S/C34H44O10/c1-9-17(2)31(39)44-25-14-24(37)32(5,16-35)29-28(42-19(4)36)30-34(7,23(33(25,29)6)13-26(38)40-8)27-18(3)21(12-22(27)43-30)20-10-11-41-15-20/h9-11,15-16,21-25,28-30,37H,12-14H2,1-8H3/b17-9-/t21-,22+,23+,24-,25-,28+,29-,30-,32+,33+,34+/m1/s1. The first-order valence-corrected chi connectivity index (χ1v) is 15.3. The van der Waals surface area contributed by atoms with Crippen LogP contribution in [0.25, 0.3) is 0 Å². The highest BCUT2D eigenvalue weighted by Crippen LogP contribution is 2.72. The molecule has 0 unspecified atom stereocenters. The zero-order valence-electron chi connectivity index (χ0n) is 26.7. The van der Waals surface area contributed by atoms with Crippen molar-refractivity contribution in [1.29, 1.82) is 0 Å². The molecule has 2 saturated carbocycles. The summed E-state index contributed by atoms with van der Waals surface area (Å²) in [6, 6.07) is 1.93. The number of carbonyl (C=O) groups is 4. The van der Waals surface area contributed by atoms with Gasteiger partial charge >= 0.3 is 17.9 Å². The first kappa shape index (κ1) is 32.2. The fourth-order valence-corrected chi connectivity index (χ4v) is 9.41. The van der Waals surface area contributed by atoms with Gasteiger partial charge < -0.3 is 33.3 Å². The Morgan fingerprint density at radius 1 is 1.14 bits per heavy atom. The first-order valence-electron chi connectivity index (χ1n) is 15.3. The molecule has 240 valence electrons. The lowest BCUT2D eigenvalue weighted by atomic mass is 9.39. The number of rotatable bonds is 7. The van der Waals surface area contributed by atoms with Crippen LogP contribution in [-0.2, 0) is 38.1 Å². The van der Waals surface area contributed by atoms with E-state index in [1.54, 1.807) is 39.4 Å². The van der Waals surface area contributed by atoms with Gasteiger partial charge in [-0.05, 0) is 57.2 Å². The van der Waals surface area contributed by atoms with Crippen molar-refractivity contribution < 1.29 is 47.6 Å². The Hall–Kier alpha value is -3.24. The highest BCUT2D eigenvalue weighted by molar-refractivity contribution is 5.87. The van der Waals surface area contributed by atoms with E-state index in [0.717, 1.165) is 16.7 Å². The molecule has 0 amide bonds. The largest absolute Gasteiger partial charge is 0.472 e. The molecule has 0 aromatic carbocycles. The van der Waals surface area contributed by atoms with E-state index in [0.29, 0.717) is 18.3 Å². The van der Waals surface area contributed by atoms with Gasteiger partial charge in [0.25, 0.3) is 0 Å². The van der Waals surface area contributed by atoms with Crippen molar-refractivity contribution in [2.75, 3.05) is 7.11 Å². The number of methoxy groups -OCH3 is 1. The molecular weight excluding hydrogens is 568 g/mol. The molecule has 11 atom stereocenters. The molecule has 4 aliphatic rings. The maximum Gasteiger partial charge on any atom is 0.333 e. The first-order chi connectivity index (χ1) is 20.7. The number of hydrogen-bond acceptors (Lipinski definition) is 10. The maximum absolute atomic E-state index is 13.3. The van der Waals surface area contributed by atoms with E-state index in [4.69, 9.17) is 23.4 Å². The number of aldehydes is 1. The second kappa shape index (κ2) is 11.3. The zero-order chi connectivity index (χ0) is 32.4. The average molecular weight is 613 g/mol. The van der Waals surface area contributed by atoms with Gasteiger partial charge in [0.05, 0.1) is 37.3 Å². The van der Waals surface area contributed by atoms with Gasteiger partial charge in [-0.2, -0.15) is 0 Å². The summed E-state index contributed by atoms with van der Waals surface area (Å²) in [5.74, 6) is -3.06. The molecule has 5 rings (SSSR count). The summed E-state index contributed by atoms with van der Waals surface area (Å²) >= 11 is 0. The number of ether oxygens (including phenoxy) is 4. The summed E-state index contributed by atoms with van der Waals surface area (Å²) in [7, 11) is 1.32. The molecule has 2 heterocycles. The minimum atomic E-state index is -1.42. The van der Waals surface area contributed by atoms with E-state index in [1.807, 2.05) is 19.9 Å². The Bertz CT molecular complexity index is 1390. The van der Waals surface area contributed by atoms with Gasteiger partial charge in [-0.1, -0.05) is 25.5 Å². The Labute approximate surface area is 258 Å². The van der Waals surface area contributed by atoms with Crippen LogP contribution in [0.15, 0.2) is 45.8 Å². The number of carbonyl (C=O) groups excluding carboxylic acids is 4. The van der Waals surface area contributed by atoms with E-state index in [-0.39, 0.29) is 24.9 Å². The molecule has 10 nitrogen and oxygen atoms in total. The Kier molecular flexibility index (Phi) is 8.25. The van der Waals surface area contributed by atoms with Crippen molar-refractivity contribution >= 4 is 24.2 Å². The Morgan fingerprint density at radius 3 is 2.41 bits per heavy atom. The van der Waals surface area contributed by atoms with Gasteiger partial charge in [0.2, 0.25) is 0 Å². The minimum Gasteiger partial charge on any atom is -0.472 e. The van der Waals surface area contributed by atoms with Gasteiger partial charge in [-0.15, -0.1) is 0 Å². The molecule has 3 aliphatic carbocycles. The van der Waals surface area contributed by atoms with Crippen LogP contribution in [0.3, 0.4) is 0 Å². The highest BCUT2D eigenvalue weighted by atomic mass is 16.6. The molecule has 44 heavy (non-hydrogen) atoms. The fraction of sp³-hybridized carbons (Fsp3) is 0.647. The highest BCUT2D eigenvalue weighted by Gasteiger charge is 2.76. The monoisotopic (exact) mass is 612 g/mol. The predicted molar refractivity (Wildman–Crippen MR) is 157 cm³/mol. The van der Waals surface area contributed by atoms with Crippen LogP contribution in [0.2, 0.25) is 0 Å². The third-order valence-electron chi connectivity index (χ3n) is 11.6. The van der Waals surface area contributed by atoms with E-state index in [1.165, 1.54) is 14.0 Å². The van der Waals surface area contributed by atoms with Crippen molar-refractivity contribution in [2.45, 2.75) is 104 Å². The van der Waals surface area contributed by atoms with Gasteiger partial charge in [-0.25, -0.2) is 4.79 Å². The smallest absolute Gasteiger partial charge is 0.333 e. The molecule has 1 aromatic heterocycles. The third-order valence-corrected chi connectivity index (χ3v) is 11.6. The number of hydrogen-bond donors (Lipinski definition) is 1. The summed E-state index contributed by atoms with van der Waals surface area (Å²) in [6.07, 6.45) is 1.94. The zero-order valence-corrected chi connectivity index (χ0v) is 26.7. The van der Waals surface area contributed by atoms with Gasteiger partial charge in [-0.3, -0.25) is 9.59 Å². The molecule has 0 radical (unpaired) electrons. The topological polar surface area (TPSA) is 139 Å². The van der Waals surface area contributed by atoms with E-state index >= 15 is 0 Å². The van der Waals surface area contributed by atoms with Crippen molar-refractivity contribution in [3.05, 3.63) is 47.0 Å². The molecule has 1 aliphatic heterocycles. The Balaban J connectivity index is 1.79. The molecule has 1 aromatic rings. The molecule has 1 saturated heterocycles. The Morgan fingerprint density at radius 2 is 1.84 bits per heavy atom. The lowest BCUT2D eigenvalue weighted by molar-refractivity contribution is -0.279. The van der Waals surface area contributed by atoms with Crippen molar-refractivity contribution in [2.24, 2.45) is 28.1 Å². The SMILES string of the molecule is C/C=C(/C)C(=O)O[C@@H]1C[C@@H](O)[C@](C)(C=O)[C@H]2[C@H](OC(C)=O)[C@H]3O[C@H]4C[C@@H](c5ccoc5)C(C)=C4[C@]3(C)[C@@H](CC(=O)OC)[C@]21C. The van der Waals surface area contributed by atoms with Gasteiger partial charge in [0.15, 0.2) is 0 Å². The van der Waals surface area contributed by atoms with Crippen molar-refractivity contribution in [1.82, 2.24) is 0 Å². The minimum absolute atomic E-state index is 0.0161. The number of fused-ring (bicyclic) bond motifs is 4. The number of furan rings is 1. The second-order valence-electron chi connectivity index (χ2n) is 13.6. The fourth-order valence-electron chi connectivity index (χ4n) is 9.41. The van der Waals surface area contributed by atoms with Crippen molar-refractivity contribution in [3.63, 3.8) is 0 Å². The third kappa shape index (κ3) is 4.50. The average Bonchev–Trinajstić information content (AvgIpc) is 3.69. The molecule has 1 N–H and O–H groups in total. The predicted octanol–water partition coefficient (Wildman–Crippen LogP) is 4.45. The van der Waals surface area contributed by atoms with Crippen LogP contribution in [0, 0.1) is 28.1 Å². The van der Waals surface area contributed by atoms with Gasteiger partial charge in [0.1, 0.15) is 24.6 Å². The van der Waals surface area contributed by atoms with Crippen LogP contribution >= 0.6 is 0 Å². The van der Waals surface area contributed by atoms with Crippen LogP contribution in [-0.4, -0.2) is 66.9 Å². The quantitative estimate of drug-likeness (QED) is 0.154. The summed E-state index contributed by atoms with van der Waals surface area (Å²) < 4.78 is 29.8. The molecule has 0 bridgehead atoms. The van der Waals surface area contributed by atoms with E-state index in [2.05, 4.69) is 6.92 Å². The van der Waals surface area contributed by atoms with Crippen LogP contribution in [0.5, 0.6) is 0 Å². The van der Waals surface area contributed by atoms with E-state index < -0.39 is 70.4 Å².